The molecule has 1 aromatic carbocycles. The molecule has 1 aliphatic heterocycles. The molecular formula is C15H21N3O3. The van der Waals surface area contributed by atoms with Crippen LogP contribution in [0.25, 0.3) is 0 Å². The van der Waals surface area contributed by atoms with Crippen LogP contribution in [0.4, 0.5) is 5.69 Å². The van der Waals surface area contributed by atoms with E-state index in [0.29, 0.717) is 24.3 Å². The van der Waals surface area contributed by atoms with Gasteiger partial charge in [0, 0.05) is 31.9 Å². The van der Waals surface area contributed by atoms with Crippen LogP contribution < -0.4 is 5.73 Å². The number of carbonyl (C=O) groups excluding carboxylic acids is 2. The number of hydrogen-bond acceptors (Lipinski definition) is 5. The van der Waals surface area contributed by atoms with Crippen molar-refractivity contribution in [1.29, 1.82) is 0 Å². The Morgan fingerprint density at radius 2 is 1.90 bits per heavy atom. The summed E-state index contributed by atoms with van der Waals surface area (Å²) >= 11 is 0. The molecule has 1 aliphatic rings. The highest BCUT2D eigenvalue weighted by atomic mass is 16.5. The predicted octanol–water partition coefficient (Wildman–Crippen LogP) is 0.508. The summed E-state index contributed by atoms with van der Waals surface area (Å²) in [7, 11) is 2.02. The Hall–Kier alpha value is -2.08. The third-order valence-corrected chi connectivity index (χ3v) is 3.69. The SMILES string of the molecule is Cc1cccc(N)c1C(=O)OCC(=O)N1CCN(C)CC1. The van der Waals surface area contributed by atoms with Crippen LogP contribution in [0, 0.1) is 6.92 Å². The van der Waals surface area contributed by atoms with E-state index in [1.807, 2.05) is 7.05 Å². The highest BCUT2D eigenvalue weighted by molar-refractivity contribution is 5.97. The topological polar surface area (TPSA) is 75.9 Å². The number of rotatable bonds is 3. The molecule has 1 heterocycles. The number of nitrogen functional groups attached to an aromatic ring is 1. The lowest BCUT2D eigenvalue weighted by atomic mass is 10.1. The van der Waals surface area contributed by atoms with Crippen molar-refractivity contribution in [2.75, 3.05) is 45.6 Å². The van der Waals surface area contributed by atoms with Gasteiger partial charge in [-0.15, -0.1) is 0 Å². The van der Waals surface area contributed by atoms with Gasteiger partial charge >= 0.3 is 5.97 Å². The average molecular weight is 291 g/mol. The van der Waals surface area contributed by atoms with Crippen LogP contribution in [0.2, 0.25) is 0 Å². The van der Waals surface area contributed by atoms with Crippen molar-refractivity contribution in [1.82, 2.24) is 9.80 Å². The maximum absolute atomic E-state index is 12.0. The summed E-state index contributed by atoms with van der Waals surface area (Å²) in [4.78, 5) is 27.9. The van der Waals surface area contributed by atoms with Gasteiger partial charge in [-0.05, 0) is 25.6 Å². The van der Waals surface area contributed by atoms with Crippen LogP contribution in [-0.2, 0) is 9.53 Å². The van der Waals surface area contributed by atoms with Crippen LogP contribution in [0.15, 0.2) is 18.2 Å². The van der Waals surface area contributed by atoms with Gasteiger partial charge in [-0.1, -0.05) is 12.1 Å². The van der Waals surface area contributed by atoms with Gasteiger partial charge in [-0.25, -0.2) is 4.79 Å². The molecule has 6 heteroatoms. The largest absolute Gasteiger partial charge is 0.452 e. The summed E-state index contributed by atoms with van der Waals surface area (Å²) in [6.07, 6.45) is 0. The molecule has 1 aromatic rings. The number of anilines is 1. The number of piperazine rings is 1. The molecule has 0 unspecified atom stereocenters. The normalized spacial score (nSPS) is 15.8. The highest BCUT2D eigenvalue weighted by Crippen LogP contribution is 2.17. The molecule has 1 amide bonds. The lowest BCUT2D eigenvalue weighted by Gasteiger charge is -2.32. The number of hydrogen-bond donors (Lipinski definition) is 1. The van der Waals surface area contributed by atoms with E-state index in [0.717, 1.165) is 18.7 Å². The van der Waals surface area contributed by atoms with E-state index >= 15 is 0 Å². The van der Waals surface area contributed by atoms with Gasteiger partial charge in [0.05, 0.1) is 5.56 Å². The Kier molecular flexibility index (Phi) is 4.80. The van der Waals surface area contributed by atoms with E-state index in [9.17, 15) is 9.59 Å². The summed E-state index contributed by atoms with van der Waals surface area (Å²) in [5.41, 5.74) is 7.23. The van der Waals surface area contributed by atoms with E-state index in [2.05, 4.69) is 4.90 Å². The second-order valence-electron chi connectivity index (χ2n) is 5.30. The smallest absolute Gasteiger partial charge is 0.341 e. The summed E-state index contributed by atoms with van der Waals surface area (Å²) in [6, 6.07) is 5.21. The first-order chi connectivity index (χ1) is 9.99. The number of ether oxygens (including phenoxy) is 1. The first-order valence-corrected chi connectivity index (χ1v) is 6.97. The number of carbonyl (C=O) groups is 2. The third-order valence-electron chi connectivity index (χ3n) is 3.69. The van der Waals surface area contributed by atoms with Crippen LogP contribution in [0.5, 0.6) is 0 Å². The van der Waals surface area contributed by atoms with Gasteiger partial charge in [0.25, 0.3) is 5.91 Å². The molecule has 1 fully saturated rings. The Morgan fingerprint density at radius 3 is 2.52 bits per heavy atom. The predicted molar refractivity (Wildman–Crippen MR) is 80.0 cm³/mol. The molecule has 21 heavy (non-hydrogen) atoms. The second-order valence-corrected chi connectivity index (χ2v) is 5.30. The molecule has 0 aliphatic carbocycles. The summed E-state index contributed by atoms with van der Waals surface area (Å²) in [6.45, 7) is 4.55. The zero-order valence-electron chi connectivity index (χ0n) is 12.5. The number of amides is 1. The Labute approximate surface area is 124 Å². The number of aryl methyl sites for hydroxylation is 1. The number of likely N-dealkylation sites (N-methyl/N-ethyl adjacent to an activating group) is 1. The third kappa shape index (κ3) is 3.72. The fourth-order valence-electron chi connectivity index (χ4n) is 2.32. The number of esters is 1. The highest BCUT2D eigenvalue weighted by Gasteiger charge is 2.21. The maximum Gasteiger partial charge on any atom is 0.341 e. The minimum absolute atomic E-state index is 0.163. The molecule has 0 atom stereocenters. The van der Waals surface area contributed by atoms with Crippen LogP contribution in [0.3, 0.4) is 0 Å². The molecule has 2 N–H and O–H groups in total. The first kappa shape index (κ1) is 15.3. The summed E-state index contributed by atoms with van der Waals surface area (Å²) in [5, 5.41) is 0. The standard InChI is InChI=1S/C15H21N3O3/c1-11-4-3-5-12(16)14(11)15(20)21-10-13(19)18-8-6-17(2)7-9-18/h3-5H,6-10,16H2,1-2H3. The van der Waals surface area contributed by atoms with Crippen molar-refractivity contribution in [3.8, 4) is 0 Å². The van der Waals surface area contributed by atoms with Gasteiger partial charge in [-0.3, -0.25) is 4.79 Å². The van der Waals surface area contributed by atoms with Gasteiger partial charge in [0.1, 0.15) is 0 Å². The minimum atomic E-state index is -0.548. The molecule has 0 aromatic heterocycles. The van der Waals surface area contributed by atoms with E-state index in [-0.39, 0.29) is 12.5 Å². The Morgan fingerprint density at radius 1 is 1.24 bits per heavy atom. The molecule has 0 bridgehead atoms. The van der Waals surface area contributed by atoms with Crippen molar-refractivity contribution >= 4 is 17.6 Å². The molecular weight excluding hydrogens is 270 g/mol. The molecule has 0 saturated carbocycles. The second kappa shape index (κ2) is 6.58. The summed E-state index contributed by atoms with van der Waals surface area (Å²) < 4.78 is 5.11. The first-order valence-electron chi connectivity index (χ1n) is 6.97. The Bertz CT molecular complexity index is 517. The summed E-state index contributed by atoms with van der Waals surface area (Å²) in [5.74, 6) is -0.711. The number of benzene rings is 1. The molecule has 1 saturated heterocycles. The van der Waals surface area contributed by atoms with E-state index in [1.54, 1.807) is 30.0 Å². The van der Waals surface area contributed by atoms with Crippen molar-refractivity contribution < 1.29 is 14.3 Å². The van der Waals surface area contributed by atoms with Gasteiger partial charge in [0.15, 0.2) is 6.61 Å². The van der Waals surface area contributed by atoms with Crippen LogP contribution in [0.1, 0.15) is 15.9 Å². The van der Waals surface area contributed by atoms with Gasteiger partial charge in [0.2, 0.25) is 0 Å². The van der Waals surface area contributed by atoms with Crippen LogP contribution in [-0.4, -0.2) is 61.5 Å². The lowest BCUT2D eigenvalue weighted by Crippen LogP contribution is -2.48. The Balaban J connectivity index is 1.91. The van der Waals surface area contributed by atoms with E-state index in [1.165, 1.54) is 0 Å². The van der Waals surface area contributed by atoms with Crippen molar-refractivity contribution in [3.05, 3.63) is 29.3 Å². The van der Waals surface area contributed by atoms with E-state index in [4.69, 9.17) is 10.5 Å². The molecule has 0 radical (unpaired) electrons. The zero-order chi connectivity index (χ0) is 15.4. The van der Waals surface area contributed by atoms with E-state index < -0.39 is 5.97 Å². The monoisotopic (exact) mass is 291 g/mol. The van der Waals surface area contributed by atoms with Crippen LogP contribution >= 0.6 is 0 Å². The number of nitrogens with zero attached hydrogens (tertiary/aromatic N) is 2. The quantitative estimate of drug-likeness (QED) is 0.648. The maximum atomic E-state index is 12.0. The molecule has 6 nitrogen and oxygen atoms in total. The lowest BCUT2D eigenvalue weighted by molar-refractivity contribution is -0.136. The van der Waals surface area contributed by atoms with Gasteiger partial charge in [-0.2, -0.15) is 0 Å². The van der Waals surface area contributed by atoms with Gasteiger partial charge < -0.3 is 20.3 Å². The van der Waals surface area contributed by atoms with Crippen molar-refractivity contribution in [2.45, 2.75) is 6.92 Å². The van der Waals surface area contributed by atoms with Crippen molar-refractivity contribution in [3.63, 3.8) is 0 Å². The fraction of sp³-hybridized carbons (Fsp3) is 0.467. The fourth-order valence-corrected chi connectivity index (χ4v) is 2.32. The average Bonchev–Trinajstić information content (AvgIpc) is 2.45. The van der Waals surface area contributed by atoms with Crippen molar-refractivity contribution in [2.24, 2.45) is 0 Å². The molecule has 114 valence electrons. The molecule has 2 rings (SSSR count). The zero-order valence-corrected chi connectivity index (χ0v) is 12.5. The number of nitrogens with two attached hydrogens (primary N) is 1. The minimum Gasteiger partial charge on any atom is -0.452 e. The molecule has 0 spiro atoms.